The second kappa shape index (κ2) is 7.44. The molecule has 23 heavy (non-hydrogen) atoms. The van der Waals surface area contributed by atoms with Gasteiger partial charge in [-0.25, -0.2) is 9.78 Å². The molecule has 2 N–H and O–H groups in total. The van der Waals surface area contributed by atoms with E-state index in [9.17, 15) is 9.59 Å². The van der Waals surface area contributed by atoms with Gasteiger partial charge in [0.25, 0.3) is 5.91 Å². The van der Waals surface area contributed by atoms with E-state index in [1.165, 1.54) is 6.39 Å². The molecule has 2 aromatic rings. The third-order valence-corrected chi connectivity index (χ3v) is 3.27. The zero-order valence-electron chi connectivity index (χ0n) is 12.9. The second-order valence-corrected chi connectivity index (χ2v) is 4.92. The summed E-state index contributed by atoms with van der Waals surface area (Å²) in [5, 5.41) is 11.4. The highest BCUT2D eigenvalue weighted by atomic mass is 16.5. The normalized spacial score (nSPS) is 11.7. The van der Waals surface area contributed by atoms with Gasteiger partial charge < -0.3 is 19.6 Å². The number of oxazole rings is 1. The van der Waals surface area contributed by atoms with Crippen molar-refractivity contribution in [1.29, 1.82) is 0 Å². The minimum atomic E-state index is -1.03. The van der Waals surface area contributed by atoms with Crippen LogP contribution in [-0.2, 0) is 11.2 Å². The van der Waals surface area contributed by atoms with Gasteiger partial charge in [0.05, 0.1) is 6.04 Å². The lowest BCUT2D eigenvalue weighted by molar-refractivity contribution is -0.139. The van der Waals surface area contributed by atoms with E-state index in [1.54, 1.807) is 24.3 Å². The number of hydrogen-bond donors (Lipinski definition) is 2. The van der Waals surface area contributed by atoms with Crippen molar-refractivity contribution >= 4 is 11.9 Å². The molecular formula is C16H18N2O5. The molecule has 122 valence electrons. The van der Waals surface area contributed by atoms with E-state index >= 15 is 0 Å². The first-order valence-corrected chi connectivity index (χ1v) is 7.19. The quantitative estimate of drug-likeness (QED) is 0.811. The minimum Gasteiger partial charge on any atom is -0.482 e. The summed E-state index contributed by atoms with van der Waals surface area (Å²) in [6.07, 6.45) is 1.85. The van der Waals surface area contributed by atoms with E-state index in [2.05, 4.69) is 10.3 Å². The molecule has 1 amide bonds. The summed E-state index contributed by atoms with van der Waals surface area (Å²) in [5.74, 6) is -0.324. The van der Waals surface area contributed by atoms with Gasteiger partial charge >= 0.3 is 5.97 Å². The maximum absolute atomic E-state index is 12.2. The third kappa shape index (κ3) is 4.32. The lowest BCUT2D eigenvalue weighted by Crippen LogP contribution is -2.27. The Hall–Kier alpha value is -2.83. The average molecular weight is 318 g/mol. The van der Waals surface area contributed by atoms with Gasteiger partial charge in [0.1, 0.15) is 11.5 Å². The average Bonchev–Trinajstić information content (AvgIpc) is 3.02. The van der Waals surface area contributed by atoms with E-state index < -0.39 is 12.6 Å². The SMILES string of the molecule is CCc1ocnc1C(=O)NC(C)c1ccc(OCC(=O)O)cc1. The molecule has 1 atom stereocenters. The highest BCUT2D eigenvalue weighted by Gasteiger charge is 2.18. The highest BCUT2D eigenvalue weighted by Crippen LogP contribution is 2.18. The van der Waals surface area contributed by atoms with Gasteiger partial charge in [-0.05, 0) is 24.6 Å². The fourth-order valence-corrected chi connectivity index (χ4v) is 2.05. The zero-order valence-corrected chi connectivity index (χ0v) is 12.9. The maximum atomic E-state index is 12.2. The number of rotatable bonds is 7. The summed E-state index contributed by atoms with van der Waals surface area (Å²) in [7, 11) is 0. The number of nitrogens with zero attached hydrogens (tertiary/aromatic N) is 1. The summed E-state index contributed by atoms with van der Waals surface area (Å²) in [6, 6.07) is 6.62. The fourth-order valence-electron chi connectivity index (χ4n) is 2.05. The van der Waals surface area contributed by atoms with Crippen molar-refractivity contribution in [1.82, 2.24) is 10.3 Å². The van der Waals surface area contributed by atoms with Crippen LogP contribution in [0.25, 0.3) is 0 Å². The molecule has 0 radical (unpaired) electrons. The molecule has 0 aliphatic rings. The highest BCUT2D eigenvalue weighted by molar-refractivity contribution is 5.93. The largest absolute Gasteiger partial charge is 0.482 e. The van der Waals surface area contributed by atoms with Crippen LogP contribution < -0.4 is 10.1 Å². The Balaban J connectivity index is 1.99. The molecule has 0 aliphatic heterocycles. The lowest BCUT2D eigenvalue weighted by atomic mass is 10.1. The van der Waals surface area contributed by atoms with Crippen molar-refractivity contribution in [3.63, 3.8) is 0 Å². The topological polar surface area (TPSA) is 102 Å². The van der Waals surface area contributed by atoms with Crippen LogP contribution >= 0.6 is 0 Å². The molecule has 0 spiro atoms. The number of ether oxygens (including phenoxy) is 1. The Kier molecular flexibility index (Phi) is 5.35. The van der Waals surface area contributed by atoms with Crippen molar-refractivity contribution in [3.05, 3.63) is 47.7 Å². The van der Waals surface area contributed by atoms with Gasteiger partial charge in [0, 0.05) is 6.42 Å². The molecule has 1 aromatic carbocycles. The third-order valence-electron chi connectivity index (χ3n) is 3.27. The van der Waals surface area contributed by atoms with Gasteiger partial charge in [0.2, 0.25) is 0 Å². The number of hydrogen-bond acceptors (Lipinski definition) is 5. The van der Waals surface area contributed by atoms with E-state index in [4.69, 9.17) is 14.3 Å². The lowest BCUT2D eigenvalue weighted by Gasteiger charge is -2.14. The van der Waals surface area contributed by atoms with Crippen molar-refractivity contribution in [2.24, 2.45) is 0 Å². The zero-order chi connectivity index (χ0) is 16.8. The van der Waals surface area contributed by atoms with Crippen LogP contribution in [0.4, 0.5) is 0 Å². The summed E-state index contributed by atoms with van der Waals surface area (Å²) in [4.78, 5) is 26.6. The Morgan fingerprint density at radius 3 is 2.65 bits per heavy atom. The van der Waals surface area contributed by atoms with Gasteiger partial charge in [-0.2, -0.15) is 0 Å². The van der Waals surface area contributed by atoms with Gasteiger partial charge in [0.15, 0.2) is 18.7 Å². The van der Waals surface area contributed by atoms with Crippen LogP contribution in [0, 0.1) is 0 Å². The fraction of sp³-hybridized carbons (Fsp3) is 0.312. The number of nitrogens with one attached hydrogen (secondary N) is 1. The first-order chi connectivity index (χ1) is 11.0. The summed E-state index contributed by atoms with van der Waals surface area (Å²) < 4.78 is 10.2. The molecule has 2 rings (SSSR count). The van der Waals surface area contributed by atoms with Crippen LogP contribution in [0.5, 0.6) is 5.75 Å². The van der Waals surface area contributed by atoms with Crippen LogP contribution in [-0.4, -0.2) is 28.6 Å². The molecule has 1 unspecified atom stereocenters. The van der Waals surface area contributed by atoms with E-state index in [-0.39, 0.29) is 11.9 Å². The van der Waals surface area contributed by atoms with E-state index in [0.717, 1.165) is 5.56 Å². The standard InChI is InChI=1S/C16H18N2O5/c1-3-13-15(17-9-23-13)16(21)18-10(2)11-4-6-12(7-5-11)22-8-14(19)20/h4-7,9-10H,3,8H2,1-2H3,(H,18,21)(H,19,20). The van der Waals surface area contributed by atoms with Crippen LogP contribution in [0.15, 0.2) is 35.1 Å². The molecular weight excluding hydrogens is 300 g/mol. The van der Waals surface area contributed by atoms with Gasteiger partial charge in [-0.1, -0.05) is 19.1 Å². The predicted molar refractivity (Wildman–Crippen MR) is 81.3 cm³/mol. The van der Waals surface area contributed by atoms with E-state index in [1.807, 2.05) is 13.8 Å². The van der Waals surface area contributed by atoms with Crippen molar-refractivity contribution in [3.8, 4) is 5.75 Å². The molecule has 7 nitrogen and oxygen atoms in total. The molecule has 7 heteroatoms. The van der Waals surface area contributed by atoms with Crippen LogP contribution in [0.2, 0.25) is 0 Å². The minimum absolute atomic E-state index is 0.238. The van der Waals surface area contributed by atoms with Crippen LogP contribution in [0.3, 0.4) is 0 Å². The van der Waals surface area contributed by atoms with Crippen LogP contribution in [0.1, 0.15) is 41.7 Å². The molecule has 0 bridgehead atoms. The molecule has 0 aliphatic carbocycles. The molecule has 1 aromatic heterocycles. The Labute approximate surface area is 133 Å². The van der Waals surface area contributed by atoms with Crippen molar-refractivity contribution < 1.29 is 23.8 Å². The molecule has 0 saturated heterocycles. The Morgan fingerprint density at radius 2 is 2.04 bits per heavy atom. The number of aromatic nitrogens is 1. The summed E-state index contributed by atoms with van der Waals surface area (Å²) in [6.45, 7) is 3.34. The molecule has 0 saturated carbocycles. The van der Waals surface area contributed by atoms with Crippen molar-refractivity contribution in [2.45, 2.75) is 26.3 Å². The Bertz CT molecular complexity index is 678. The Morgan fingerprint density at radius 1 is 1.35 bits per heavy atom. The molecule has 1 heterocycles. The number of amides is 1. The second-order valence-electron chi connectivity index (χ2n) is 4.92. The number of carbonyl (C=O) groups is 2. The number of benzene rings is 1. The van der Waals surface area contributed by atoms with Gasteiger partial charge in [-0.3, -0.25) is 4.79 Å². The summed E-state index contributed by atoms with van der Waals surface area (Å²) >= 11 is 0. The van der Waals surface area contributed by atoms with E-state index in [0.29, 0.717) is 23.6 Å². The number of carbonyl (C=O) groups excluding carboxylic acids is 1. The first kappa shape index (κ1) is 16.5. The number of carboxylic acid groups (broad SMARTS) is 1. The maximum Gasteiger partial charge on any atom is 0.341 e. The van der Waals surface area contributed by atoms with Crippen molar-refractivity contribution in [2.75, 3.05) is 6.61 Å². The molecule has 0 fully saturated rings. The predicted octanol–water partition coefficient (Wildman–Crippen LogP) is 2.19. The first-order valence-electron chi connectivity index (χ1n) is 7.19. The monoisotopic (exact) mass is 318 g/mol. The summed E-state index contributed by atoms with van der Waals surface area (Å²) in [5.41, 5.74) is 1.16. The number of aliphatic carboxylic acids is 1. The van der Waals surface area contributed by atoms with Gasteiger partial charge in [-0.15, -0.1) is 0 Å². The smallest absolute Gasteiger partial charge is 0.341 e. The number of carboxylic acids is 1. The number of aryl methyl sites for hydroxylation is 1.